The summed E-state index contributed by atoms with van der Waals surface area (Å²) in [5, 5.41) is 9.14. The van der Waals surface area contributed by atoms with Crippen LogP contribution in [0.4, 0.5) is 0 Å². The summed E-state index contributed by atoms with van der Waals surface area (Å²) in [6.45, 7) is 7.60. The zero-order valence-electron chi connectivity index (χ0n) is 10.4. The Morgan fingerprint density at radius 3 is 2.31 bits per heavy atom. The third kappa shape index (κ3) is 1.70. The van der Waals surface area contributed by atoms with E-state index in [0.29, 0.717) is 19.4 Å². The molecule has 0 radical (unpaired) electrons. The molecule has 16 heavy (non-hydrogen) atoms. The van der Waals surface area contributed by atoms with Crippen molar-refractivity contribution in [2.24, 2.45) is 16.7 Å². The molecule has 0 aromatic heterocycles. The molecular formula is C12H20O4. The van der Waals surface area contributed by atoms with Crippen LogP contribution in [-0.2, 0) is 14.3 Å². The Balaban J connectivity index is 3.00. The predicted octanol–water partition coefficient (Wildman–Crippen LogP) is 2.08. The smallest absolute Gasteiger partial charge is 0.312 e. The zero-order chi connectivity index (χ0) is 12.6. The fourth-order valence-electron chi connectivity index (χ4n) is 2.59. The lowest BCUT2D eigenvalue weighted by Gasteiger charge is -2.38. The molecule has 0 amide bonds. The number of aliphatic carboxylic acids is 1. The van der Waals surface area contributed by atoms with E-state index in [9.17, 15) is 9.59 Å². The molecule has 1 rings (SSSR count). The van der Waals surface area contributed by atoms with Gasteiger partial charge in [-0.25, -0.2) is 0 Å². The molecule has 0 bridgehead atoms. The van der Waals surface area contributed by atoms with Crippen molar-refractivity contribution in [3.8, 4) is 0 Å². The lowest BCUT2D eigenvalue weighted by atomic mass is 9.66. The summed E-state index contributed by atoms with van der Waals surface area (Å²) in [5.41, 5.74) is -1.25. The van der Waals surface area contributed by atoms with Gasteiger partial charge in [0, 0.05) is 0 Å². The molecule has 1 aliphatic rings. The standard InChI is InChI=1S/C12H20O4/c1-5-16-10(15)12(4)7-6-8(9(13)14)11(12,2)3/h8H,5-7H2,1-4H3,(H,13,14). The maximum absolute atomic E-state index is 11.9. The van der Waals surface area contributed by atoms with Crippen molar-refractivity contribution in [2.75, 3.05) is 6.61 Å². The molecule has 4 heteroatoms. The fourth-order valence-corrected chi connectivity index (χ4v) is 2.59. The Kier molecular flexibility index (Phi) is 3.31. The topological polar surface area (TPSA) is 63.6 Å². The number of hydrogen-bond acceptors (Lipinski definition) is 3. The van der Waals surface area contributed by atoms with Gasteiger partial charge in [0.05, 0.1) is 17.9 Å². The quantitative estimate of drug-likeness (QED) is 0.751. The third-order valence-corrected chi connectivity index (χ3v) is 4.25. The van der Waals surface area contributed by atoms with Crippen LogP contribution in [0.1, 0.15) is 40.5 Å². The number of carbonyl (C=O) groups excluding carboxylic acids is 1. The molecule has 0 spiro atoms. The van der Waals surface area contributed by atoms with E-state index in [0.717, 1.165) is 0 Å². The first-order valence-electron chi connectivity index (χ1n) is 5.67. The molecule has 0 heterocycles. The van der Waals surface area contributed by atoms with Gasteiger partial charge in [0.2, 0.25) is 0 Å². The number of ether oxygens (including phenoxy) is 1. The highest BCUT2D eigenvalue weighted by Crippen LogP contribution is 2.56. The molecule has 0 aliphatic heterocycles. The summed E-state index contributed by atoms with van der Waals surface area (Å²) in [5.74, 6) is -1.57. The van der Waals surface area contributed by atoms with Crippen molar-refractivity contribution in [3.05, 3.63) is 0 Å². The van der Waals surface area contributed by atoms with Gasteiger partial charge < -0.3 is 9.84 Å². The lowest BCUT2D eigenvalue weighted by molar-refractivity contribution is -0.163. The molecule has 2 atom stereocenters. The average molecular weight is 228 g/mol. The van der Waals surface area contributed by atoms with Gasteiger partial charge in [0.25, 0.3) is 0 Å². The highest BCUT2D eigenvalue weighted by molar-refractivity contribution is 5.81. The van der Waals surface area contributed by atoms with E-state index < -0.39 is 22.7 Å². The van der Waals surface area contributed by atoms with Crippen LogP contribution in [0, 0.1) is 16.7 Å². The molecule has 92 valence electrons. The third-order valence-electron chi connectivity index (χ3n) is 4.25. The first-order valence-corrected chi connectivity index (χ1v) is 5.67. The van der Waals surface area contributed by atoms with E-state index in [1.165, 1.54) is 0 Å². The van der Waals surface area contributed by atoms with Gasteiger partial charge in [-0.05, 0) is 32.1 Å². The molecule has 4 nitrogen and oxygen atoms in total. The summed E-state index contributed by atoms with van der Waals surface area (Å²) in [6, 6.07) is 0. The maximum atomic E-state index is 11.9. The predicted molar refractivity (Wildman–Crippen MR) is 58.9 cm³/mol. The van der Waals surface area contributed by atoms with Crippen LogP contribution in [0.5, 0.6) is 0 Å². The second-order valence-electron chi connectivity index (χ2n) is 5.20. The summed E-state index contributed by atoms with van der Waals surface area (Å²) >= 11 is 0. The van der Waals surface area contributed by atoms with E-state index >= 15 is 0 Å². The molecule has 1 N–H and O–H groups in total. The summed E-state index contributed by atoms with van der Waals surface area (Å²) in [7, 11) is 0. The molecule has 0 aromatic rings. The Morgan fingerprint density at radius 2 is 1.94 bits per heavy atom. The van der Waals surface area contributed by atoms with E-state index in [1.807, 2.05) is 20.8 Å². The number of esters is 1. The van der Waals surface area contributed by atoms with Crippen molar-refractivity contribution >= 4 is 11.9 Å². The van der Waals surface area contributed by atoms with Crippen molar-refractivity contribution < 1.29 is 19.4 Å². The number of carboxylic acids is 1. The van der Waals surface area contributed by atoms with Gasteiger partial charge in [-0.3, -0.25) is 9.59 Å². The Hall–Kier alpha value is -1.06. The van der Waals surface area contributed by atoms with Gasteiger partial charge >= 0.3 is 11.9 Å². The Labute approximate surface area is 96.0 Å². The van der Waals surface area contributed by atoms with Crippen LogP contribution in [0.15, 0.2) is 0 Å². The monoisotopic (exact) mass is 228 g/mol. The van der Waals surface area contributed by atoms with Gasteiger partial charge in [-0.15, -0.1) is 0 Å². The first kappa shape index (κ1) is 13.0. The van der Waals surface area contributed by atoms with Crippen LogP contribution in [-0.4, -0.2) is 23.7 Å². The number of rotatable bonds is 3. The Morgan fingerprint density at radius 1 is 1.38 bits per heavy atom. The highest BCUT2D eigenvalue weighted by atomic mass is 16.5. The number of carboxylic acid groups (broad SMARTS) is 1. The van der Waals surface area contributed by atoms with Crippen molar-refractivity contribution in [1.29, 1.82) is 0 Å². The number of carbonyl (C=O) groups is 2. The molecule has 1 saturated carbocycles. The lowest BCUT2D eigenvalue weighted by Crippen LogP contribution is -2.43. The van der Waals surface area contributed by atoms with Crippen LogP contribution in [0.3, 0.4) is 0 Å². The SMILES string of the molecule is CCOC(=O)C1(C)CCC(C(=O)O)C1(C)C. The van der Waals surface area contributed by atoms with Crippen LogP contribution < -0.4 is 0 Å². The van der Waals surface area contributed by atoms with Gasteiger partial charge in [0.1, 0.15) is 0 Å². The molecule has 0 saturated heterocycles. The van der Waals surface area contributed by atoms with Gasteiger partial charge in [-0.1, -0.05) is 13.8 Å². The largest absolute Gasteiger partial charge is 0.481 e. The zero-order valence-corrected chi connectivity index (χ0v) is 10.4. The van der Waals surface area contributed by atoms with Crippen molar-refractivity contribution in [1.82, 2.24) is 0 Å². The average Bonchev–Trinajstić information content (AvgIpc) is 2.39. The molecular weight excluding hydrogens is 208 g/mol. The second kappa shape index (κ2) is 4.07. The minimum atomic E-state index is -0.821. The molecule has 1 aliphatic carbocycles. The second-order valence-corrected chi connectivity index (χ2v) is 5.20. The molecule has 2 unspecified atom stereocenters. The summed E-state index contributed by atoms with van der Waals surface area (Å²) < 4.78 is 5.06. The van der Waals surface area contributed by atoms with Crippen molar-refractivity contribution in [3.63, 3.8) is 0 Å². The maximum Gasteiger partial charge on any atom is 0.312 e. The van der Waals surface area contributed by atoms with Crippen LogP contribution in [0.2, 0.25) is 0 Å². The minimum Gasteiger partial charge on any atom is -0.481 e. The molecule has 0 aromatic carbocycles. The van der Waals surface area contributed by atoms with E-state index in [1.54, 1.807) is 6.92 Å². The number of hydrogen-bond donors (Lipinski definition) is 1. The summed E-state index contributed by atoms with van der Waals surface area (Å²) in [6.07, 6.45) is 1.12. The fraction of sp³-hybridized carbons (Fsp3) is 0.833. The van der Waals surface area contributed by atoms with Crippen LogP contribution in [0.25, 0.3) is 0 Å². The Bertz CT molecular complexity index is 308. The van der Waals surface area contributed by atoms with Crippen molar-refractivity contribution in [2.45, 2.75) is 40.5 Å². The van der Waals surface area contributed by atoms with E-state index in [2.05, 4.69) is 0 Å². The highest BCUT2D eigenvalue weighted by Gasteiger charge is 2.59. The van der Waals surface area contributed by atoms with E-state index in [4.69, 9.17) is 9.84 Å². The van der Waals surface area contributed by atoms with Gasteiger partial charge in [0.15, 0.2) is 0 Å². The van der Waals surface area contributed by atoms with Gasteiger partial charge in [-0.2, -0.15) is 0 Å². The molecule has 1 fully saturated rings. The van der Waals surface area contributed by atoms with Crippen LogP contribution >= 0.6 is 0 Å². The summed E-state index contributed by atoms with van der Waals surface area (Å²) in [4.78, 5) is 23.1. The normalized spacial score (nSPS) is 32.4. The first-order chi connectivity index (χ1) is 7.27. The van der Waals surface area contributed by atoms with E-state index in [-0.39, 0.29) is 5.97 Å². The minimum absolute atomic E-state index is 0.274.